The fourth-order valence-corrected chi connectivity index (χ4v) is 2.19. The van der Waals surface area contributed by atoms with E-state index in [1.54, 1.807) is 17.8 Å². The number of anilines is 1. The third-order valence-corrected chi connectivity index (χ3v) is 2.82. The first-order chi connectivity index (χ1) is 6.44. The van der Waals surface area contributed by atoms with Crippen LogP contribution in [-0.2, 0) is 0 Å². The molecule has 0 atom stereocenters. The molecule has 0 bridgehead atoms. The number of hydrogen-bond donors (Lipinski definition) is 1. The Labute approximate surface area is 88.9 Å². The van der Waals surface area contributed by atoms with E-state index in [9.17, 15) is 4.79 Å². The molecule has 0 saturated carbocycles. The van der Waals surface area contributed by atoms with Crippen LogP contribution in [0, 0.1) is 0 Å². The van der Waals surface area contributed by atoms with Crippen LogP contribution in [0.5, 0.6) is 0 Å². The van der Waals surface area contributed by atoms with Gasteiger partial charge >= 0.3 is 0 Å². The number of nitrogen functional groups attached to an aromatic ring is 1. The molecular weight excluding hydrogens is 194 g/mol. The Hall–Kier alpha value is -0.960. The van der Waals surface area contributed by atoms with Crippen LogP contribution >= 0.6 is 11.8 Å². The molecule has 1 rings (SSSR count). The lowest BCUT2D eigenvalue weighted by Crippen LogP contribution is -2.08. The summed E-state index contributed by atoms with van der Waals surface area (Å²) in [7, 11) is 0. The first-order valence-corrected chi connectivity index (χ1v) is 5.28. The average Bonchev–Trinajstić information content (AvgIpc) is 2.01. The van der Waals surface area contributed by atoms with E-state index >= 15 is 0 Å². The predicted octanol–water partition coefficient (Wildman–Crippen LogP) is 2.97. The van der Waals surface area contributed by atoms with Crippen LogP contribution in [0.3, 0.4) is 0 Å². The molecule has 0 amide bonds. The van der Waals surface area contributed by atoms with Crippen LogP contribution in [0.15, 0.2) is 23.1 Å². The van der Waals surface area contributed by atoms with Crippen molar-refractivity contribution in [1.29, 1.82) is 0 Å². The Morgan fingerprint density at radius 2 is 2.00 bits per heavy atom. The van der Waals surface area contributed by atoms with Gasteiger partial charge in [-0.15, -0.1) is 11.8 Å². The van der Waals surface area contributed by atoms with Crippen molar-refractivity contribution in [2.45, 2.75) is 30.4 Å². The van der Waals surface area contributed by atoms with Crippen molar-refractivity contribution in [2.24, 2.45) is 0 Å². The van der Waals surface area contributed by atoms with Gasteiger partial charge in [-0.05, 0) is 12.1 Å². The monoisotopic (exact) mass is 209 g/mol. The Bertz CT molecular complexity index is 342. The maximum Gasteiger partial charge on any atom is 0.153 e. The molecule has 0 aliphatic heterocycles. The highest BCUT2D eigenvalue weighted by molar-refractivity contribution is 8.00. The standard InChI is InChI=1S/C11H15NOS/c1-11(2,3)14-10-6-4-5-9(12)8(10)7-13/h4-7H,12H2,1-3H3. The van der Waals surface area contributed by atoms with Crippen LogP contribution < -0.4 is 5.73 Å². The van der Waals surface area contributed by atoms with Gasteiger partial charge < -0.3 is 5.73 Å². The van der Waals surface area contributed by atoms with Gasteiger partial charge in [0.25, 0.3) is 0 Å². The zero-order valence-corrected chi connectivity index (χ0v) is 9.52. The highest BCUT2D eigenvalue weighted by Crippen LogP contribution is 2.35. The summed E-state index contributed by atoms with van der Waals surface area (Å²) in [5.74, 6) is 0. The minimum atomic E-state index is 0.0888. The van der Waals surface area contributed by atoms with Gasteiger partial charge in [0.1, 0.15) is 0 Å². The van der Waals surface area contributed by atoms with Crippen molar-refractivity contribution in [3.05, 3.63) is 23.8 Å². The molecule has 0 aromatic heterocycles. The summed E-state index contributed by atoms with van der Waals surface area (Å²) in [5, 5.41) is 0. The van der Waals surface area contributed by atoms with Gasteiger partial charge in [-0.2, -0.15) is 0 Å². The second kappa shape index (κ2) is 4.05. The lowest BCUT2D eigenvalue weighted by atomic mass is 10.2. The van der Waals surface area contributed by atoms with Crippen LogP contribution in [0.25, 0.3) is 0 Å². The van der Waals surface area contributed by atoms with E-state index in [-0.39, 0.29) is 4.75 Å². The van der Waals surface area contributed by atoms with Crippen molar-refractivity contribution in [3.63, 3.8) is 0 Å². The van der Waals surface area contributed by atoms with E-state index in [1.807, 2.05) is 12.1 Å². The second-order valence-electron chi connectivity index (χ2n) is 4.09. The third kappa shape index (κ3) is 2.77. The quantitative estimate of drug-likeness (QED) is 0.462. The van der Waals surface area contributed by atoms with Gasteiger partial charge in [0.15, 0.2) is 6.29 Å². The first kappa shape index (κ1) is 11.1. The highest BCUT2D eigenvalue weighted by Gasteiger charge is 2.15. The normalized spacial score (nSPS) is 11.4. The van der Waals surface area contributed by atoms with Crippen molar-refractivity contribution in [1.82, 2.24) is 0 Å². The fraction of sp³-hybridized carbons (Fsp3) is 0.364. The predicted molar refractivity (Wildman–Crippen MR) is 61.9 cm³/mol. The average molecular weight is 209 g/mol. The maximum atomic E-state index is 10.8. The minimum absolute atomic E-state index is 0.0888. The SMILES string of the molecule is CC(C)(C)Sc1cccc(N)c1C=O. The first-order valence-electron chi connectivity index (χ1n) is 4.47. The molecule has 1 aromatic carbocycles. The van der Waals surface area contributed by atoms with Crippen molar-refractivity contribution >= 4 is 23.7 Å². The maximum absolute atomic E-state index is 10.8. The van der Waals surface area contributed by atoms with Gasteiger partial charge in [-0.1, -0.05) is 26.8 Å². The van der Waals surface area contributed by atoms with Crippen LogP contribution in [-0.4, -0.2) is 11.0 Å². The van der Waals surface area contributed by atoms with E-state index in [0.29, 0.717) is 11.3 Å². The number of hydrogen-bond acceptors (Lipinski definition) is 3. The molecule has 0 saturated heterocycles. The zero-order chi connectivity index (χ0) is 10.8. The zero-order valence-electron chi connectivity index (χ0n) is 8.70. The Morgan fingerprint density at radius 1 is 1.36 bits per heavy atom. The Kier molecular flexibility index (Phi) is 3.21. The molecule has 0 heterocycles. The molecule has 1 aromatic rings. The number of aldehydes is 1. The molecule has 3 heteroatoms. The summed E-state index contributed by atoms with van der Waals surface area (Å²) < 4.78 is 0.0888. The van der Waals surface area contributed by atoms with Crippen molar-refractivity contribution < 1.29 is 4.79 Å². The molecule has 0 aliphatic carbocycles. The number of benzene rings is 1. The molecule has 2 nitrogen and oxygen atoms in total. The molecule has 0 aliphatic rings. The summed E-state index contributed by atoms with van der Waals surface area (Å²) in [4.78, 5) is 11.8. The van der Waals surface area contributed by atoms with Crippen LogP contribution in [0.4, 0.5) is 5.69 Å². The fourth-order valence-electron chi connectivity index (χ4n) is 1.11. The molecule has 0 fully saturated rings. The van der Waals surface area contributed by atoms with E-state index in [1.165, 1.54) is 0 Å². The van der Waals surface area contributed by atoms with Gasteiger partial charge in [0, 0.05) is 15.3 Å². The van der Waals surface area contributed by atoms with Crippen molar-refractivity contribution in [3.8, 4) is 0 Å². The lowest BCUT2D eigenvalue weighted by Gasteiger charge is -2.19. The summed E-state index contributed by atoms with van der Waals surface area (Å²) in [6.45, 7) is 6.32. The summed E-state index contributed by atoms with van der Waals surface area (Å²) in [5.41, 5.74) is 6.86. The van der Waals surface area contributed by atoms with Crippen molar-refractivity contribution in [2.75, 3.05) is 5.73 Å². The van der Waals surface area contributed by atoms with Crippen LogP contribution in [0.2, 0.25) is 0 Å². The number of carbonyl (C=O) groups excluding carboxylic acids is 1. The lowest BCUT2D eigenvalue weighted by molar-refractivity contribution is 0.112. The molecular formula is C11H15NOS. The Morgan fingerprint density at radius 3 is 2.50 bits per heavy atom. The van der Waals surface area contributed by atoms with Gasteiger partial charge in [0.2, 0.25) is 0 Å². The third-order valence-electron chi connectivity index (χ3n) is 1.63. The van der Waals surface area contributed by atoms with E-state index in [4.69, 9.17) is 5.73 Å². The Balaban J connectivity index is 3.08. The summed E-state index contributed by atoms with van der Waals surface area (Å²) in [6.07, 6.45) is 0.823. The summed E-state index contributed by atoms with van der Waals surface area (Å²) in [6, 6.07) is 5.54. The molecule has 0 radical (unpaired) electrons. The van der Waals surface area contributed by atoms with Gasteiger partial charge in [-0.25, -0.2) is 0 Å². The number of rotatable bonds is 2. The molecule has 2 N–H and O–H groups in total. The molecule has 0 unspecified atom stereocenters. The number of nitrogens with two attached hydrogens (primary N) is 1. The molecule has 76 valence electrons. The molecule has 0 spiro atoms. The van der Waals surface area contributed by atoms with Gasteiger partial charge in [0.05, 0.1) is 5.56 Å². The minimum Gasteiger partial charge on any atom is -0.398 e. The largest absolute Gasteiger partial charge is 0.398 e. The summed E-state index contributed by atoms with van der Waals surface area (Å²) >= 11 is 1.65. The highest BCUT2D eigenvalue weighted by atomic mass is 32.2. The second-order valence-corrected chi connectivity index (χ2v) is 5.96. The molecule has 14 heavy (non-hydrogen) atoms. The topological polar surface area (TPSA) is 43.1 Å². The smallest absolute Gasteiger partial charge is 0.153 e. The van der Waals surface area contributed by atoms with E-state index < -0.39 is 0 Å². The number of thioether (sulfide) groups is 1. The number of carbonyl (C=O) groups is 1. The van der Waals surface area contributed by atoms with E-state index in [0.717, 1.165) is 11.2 Å². The van der Waals surface area contributed by atoms with Crippen LogP contribution in [0.1, 0.15) is 31.1 Å². The van der Waals surface area contributed by atoms with E-state index in [2.05, 4.69) is 20.8 Å². The van der Waals surface area contributed by atoms with Gasteiger partial charge in [-0.3, -0.25) is 4.79 Å².